The van der Waals surface area contributed by atoms with Gasteiger partial charge < -0.3 is 4.74 Å². The number of carbonyl (C=O) groups is 1. The van der Waals surface area contributed by atoms with Crippen molar-refractivity contribution in [3.05, 3.63) is 0 Å². The van der Waals surface area contributed by atoms with Gasteiger partial charge in [-0.05, 0) is 51.4 Å². The summed E-state index contributed by atoms with van der Waals surface area (Å²) >= 11 is 0. The predicted octanol–water partition coefficient (Wildman–Crippen LogP) is 4.32. The van der Waals surface area contributed by atoms with Gasteiger partial charge in [0.05, 0.1) is 0 Å². The highest BCUT2D eigenvalue weighted by Gasteiger charge is 2.36. The van der Waals surface area contributed by atoms with Gasteiger partial charge in [0, 0.05) is 6.42 Å². The van der Waals surface area contributed by atoms with Crippen molar-refractivity contribution < 1.29 is 9.53 Å². The van der Waals surface area contributed by atoms with Crippen molar-refractivity contribution in [3.8, 4) is 0 Å². The number of fused-ring (bicyclic) bond motifs is 1. The molecule has 104 valence electrons. The van der Waals surface area contributed by atoms with Gasteiger partial charge in [-0.25, -0.2) is 0 Å². The summed E-state index contributed by atoms with van der Waals surface area (Å²) in [6, 6.07) is 0. The third-order valence-corrected chi connectivity index (χ3v) is 4.57. The van der Waals surface area contributed by atoms with Gasteiger partial charge >= 0.3 is 5.97 Å². The van der Waals surface area contributed by atoms with Crippen LogP contribution in [0, 0.1) is 17.8 Å². The van der Waals surface area contributed by atoms with Crippen LogP contribution in [0.15, 0.2) is 0 Å². The van der Waals surface area contributed by atoms with Crippen molar-refractivity contribution in [2.24, 2.45) is 17.8 Å². The lowest BCUT2D eigenvalue weighted by Gasteiger charge is -2.41. The van der Waals surface area contributed by atoms with E-state index in [4.69, 9.17) is 4.74 Å². The summed E-state index contributed by atoms with van der Waals surface area (Å²) in [4.78, 5) is 12.0. The third kappa shape index (κ3) is 3.73. The third-order valence-electron chi connectivity index (χ3n) is 4.57. The van der Waals surface area contributed by atoms with Crippen LogP contribution in [-0.4, -0.2) is 11.6 Å². The maximum atomic E-state index is 12.0. The molecule has 3 unspecified atom stereocenters. The van der Waals surface area contributed by atoms with Crippen molar-refractivity contribution >= 4 is 5.97 Å². The second-order valence-corrected chi connectivity index (χ2v) is 7.19. The Morgan fingerprint density at radius 1 is 1.06 bits per heavy atom. The molecule has 0 N–H and O–H groups in total. The van der Waals surface area contributed by atoms with Crippen LogP contribution < -0.4 is 0 Å². The summed E-state index contributed by atoms with van der Waals surface area (Å²) in [7, 11) is 0. The van der Waals surface area contributed by atoms with Crippen LogP contribution in [0.1, 0.15) is 72.1 Å². The zero-order valence-electron chi connectivity index (χ0n) is 12.2. The molecule has 2 rings (SSSR count). The molecule has 2 nitrogen and oxygen atoms in total. The topological polar surface area (TPSA) is 26.3 Å². The van der Waals surface area contributed by atoms with Crippen molar-refractivity contribution in [2.45, 2.75) is 77.7 Å². The molecule has 2 aliphatic rings. The highest BCUT2D eigenvalue weighted by Crippen LogP contribution is 2.45. The Bertz CT molecular complexity index is 288. The minimum atomic E-state index is -0.336. The number of hydrogen-bond donors (Lipinski definition) is 0. The van der Waals surface area contributed by atoms with Gasteiger partial charge in [0.1, 0.15) is 5.60 Å². The molecule has 2 saturated carbocycles. The molecular weight excluding hydrogens is 224 g/mol. The summed E-state index contributed by atoms with van der Waals surface area (Å²) in [5.74, 6) is 2.32. The quantitative estimate of drug-likeness (QED) is 0.684. The average molecular weight is 252 g/mol. The highest BCUT2D eigenvalue weighted by atomic mass is 16.6. The second-order valence-electron chi connectivity index (χ2n) is 7.19. The molecule has 0 spiro atoms. The van der Waals surface area contributed by atoms with Crippen LogP contribution in [-0.2, 0) is 9.53 Å². The van der Waals surface area contributed by atoms with Crippen LogP contribution in [0.2, 0.25) is 0 Å². The van der Waals surface area contributed by atoms with Gasteiger partial charge in [-0.3, -0.25) is 4.79 Å². The zero-order chi connectivity index (χ0) is 13.2. The van der Waals surface area contributed by atoms with E-state index in [1.807, 2.05) is 20.8 Å². The first-order valence-corrected chi connectivity index (χ1v) is 7.67. The first kappa shape index (κ1) is 13.9. The number of esters is 1. The molecule has 0 amide bonds. The molecule has 18 heavy (non-hydrogen) atoms. The smallest absolute Gasteiger partial charge is 0.306 e. The largest absolute Gasteiger partial charge is 0.460 e. The SMILES string of the molecule is CC(C)(C)OC(=O)CC1CCCC2CCCCC21. The minimum Gasteiger partial charge on any atom is -0.460 e. The van der Waals surface area contributed by atoms with Gasteiger partial charge in [0.15, 0.2) is 0 Å². The lowest BCUT2D eigenvalue weighted by molar-refractivity contribution is -0.157. The monoisotopic (exact) mass is 252 g/mol. The molecule has 0 aromatic carbocycles. The first-order valence-electron chi connectivity index (χ1n) is 7.67. The molecule has 0 heterocycles. The first-order chi connectivity index (χ1) is 8.46. The molecule has 2 fully saturated rings. The van der Waals surface area contributed by atoms with Crippen molar-refractivity contribution in [2.75, 3.05) is 0 Å². The fraction of sp³-hybridized carbons (Fsp3) is 0.938. The van der Waals surface area contributed by atoms with Crippen molar-refractivity contribution in [1.82, 2.24) is 0 Å². The maximum absolute atomic E-state index is 12.0. The van der Waals surface area contributed by atoms with Crippen LogP contribution in [0.4, 0.5) is 0 Å². The minimum absolute atomic E-state index is 0.0127. The van der Waals surface area contributed by atoms with Gasteiger partial charge in [-0.1, -0.05) is 32.1 Å². The molecule has 0 bridgehead atoms. The lowest BCUT2D eigenvalue weighted by Crippen LogP contribution is -2.34. The van der Waals surface area contributed by atoms with Gasteiger partial charge in [-0.2, -0.15) is 0 Å². The molecular formula is C16H28O2. The normalized spacial score (nSPS) is 32.7. The van der Waals surface area contributed by atoms with Crippen LogP contribution in [0.25, 0.3) is 0 Å². The van der Waals surface area contributed by atoms with E-state index in [1.54, 1.807) is 0 Å². The summed E-state index contributed by atoms with van der Waals surface area (Å²) in [5.41, 5.74) is -0.336. The Morgan fingerprint density at radius 2 is 1.72 bits per heavy atom. The molecule has 2 aliphatic carbocycles. The second kappa shape index (κ2) is 5.63. The number of ether oxygens (including phenoxy) is 1. The Balaban J connectivity index is 1.89. The van der Waals surface area contributed by atoms with E-state index in [0.717, 1.165) is 11.8 Å². The predicted molar refractivity (Wildman–Crippen MR) is 73.3 cm³/mol. The molecule has 0 aliphatic heterocycles. The number of carbonyl (C=O) groups excluding carboxylic acids is 1. The van der Waals surface area contributed by atoms with E-state index in [-0.39, 0.29) is 11.6 Å². The van der Waals surface area contributed by atoms with E-state index in [1.165, 1.54) is 44.9 Å². The van der Waals surface area contributed by atoms with Crippen LogP contribution >= 0.6 is 0 Å². The Labute approximate surface area is 111 Å². The van der Waals surface area contributed by atoms with Gasteiger partial charge in [-0.15, -0.1) is 0 Å². The average Bonchev–Trinajstić information content (AvgIpc) is 2.27. The Kier molecular flexibility index (Phi) is 4.34. The van der Waals surface area contributed by atoms with Gasteiger partial charge in [0.2, 0.25) is 0 Å². The standard InChI is InChI=1S/C16H28O2/c1-16(2,3)18-15(17)11-13-9-6-8-12-7-4-5-10-14(12)13/h12-14H,4-11H2,1-3H3. The zero-order valence-corrected chi connectivity index (χ0v) is 12.2. The fourth-order valence-electron chi connectivity index (χ4n) is 3.92. The molecule has 0 aromatic heterocycles. The molecule has 2 heteroatoms. The summed E-state index contributed by atoms with van der Waals surface area (Å²) < 4.78 is 5.48. The Hall–Kier alpha value is -0.530. The number of hydrogen-bond acceptors (Lipinski definition) is 2. The van der Waals surface area contributed by atoms with E-state index in [2.05, 4.69) is 0 Å². The van der Waals surface area contributed by atoms with Crippen molar-refractivity contribution in [3.63, 3.8) is 0 Å². The fourth-order valence-corrected chi connectivity index (χ4v) is 3.92. The number of rotatable bonds is 2. The highest BCUT2D eigenvalue weighted by molar-refractivity contribution is 5.70. The maximum Gasteiger partial charge on any atom is 0.306 e. The summed E-state index contributed by atoms with van der Waals surface area (Å²) in [6.45, 7) is 5.86. The summed E-state index contributed by atoms with van der Waals surface area (Å²) in [6.07, 6.45) is 10.1. The molecule has 0 aromatic rings. The van der Waals surface area contributed by atoms with Crippen molar-refractivity contribution in [1.29, 1.82) is 0 Å². The van der Waals surface area contributed by atoms with E-state index >= 15 is 0 Å². The summed E-state index contributed by atoms with van der Waals surface area (Å²) in [5, 5.41) is 0. The molecule has 3 atom stereocenters. The Morgan fingerprint density at radius 3 is 2.44 bits per heavy atom. The van der Waals surface area contributed by atoms with E-state index in [9.17, 15) is 4.79 Å². The van der Waals surface area contributed by atoms with Crippen LogP contribution in [0.3, 0.4) is 0 Å². The lowest BCUT2D eigenvalue weighted by atomic mass is 9.65. The van der Waals surface area contributed by atoms with E-state index in [0.29, 0.717) is 12.3 Å². The molecule has 0 saturated heterocycles. The van der Waals surface area contributed by atoms with Crippen LogP contribution in [0.5, 0.6) is 0 Å². The molecule has 0 radical (unpaired) electrons. The van der Waals surface area contributed by atoms with E-state index < -0.39 is 0 Å². The van der Waals surface area contributed by atoms with Gasteiger partial charge in [0.25, 0.3) is 0 Å².